The number of rotatable bonds is 7. The fourth-order valence-corrected chi connectivity index (χ4v) is 2.50. The second-order valence-corrected chi connectivity index (χ2v) is 6.19. The van der Waals surface area contributed by atoms with Gasteiger partial charge in [0.15, 0.2) is 0 Å². The molecule has 0 saturated carbocycles. The number of hydrogen-bond donors (Lipinski definition) is 1. The maximum Gasteiger partial charge on any atom is 0.336 e. The summed E-state index contributed by atoms with van der Waals surface area (Å²) in [6.07, 6.45) is 4.88. The molecule has 0 aliphatic carbocycles. The molecule has 29 heavy (non-hydrogen) atoms. The minimum atomic E-state index is -0.455. The predicted molar refractivity (Wildman–Crippen MR) is 113 cm³/mol. The van der Waals surface area contributed by atoms with Crippen LogP contribution in [0.5, 0.6) is 5.75 Å². The summed E-state index contributed by atoms with van der Waals surface area (Å²) in [4.78, 5) is 23.7. The molecule has 1 N–H and O–H groups in total. The molecule has 0 bridgehead atoms. The van der Waals surface area contributed by atoms with Gasteiger partial charge in [0.25, 0.3) is 0 Å². The number of benzene rings is 3. The van der Waals surface area contributed by atoms with Crippen LogP contribution in [-0.4, -0.2) is 18.1 Å². The Hall–Kier alpha value is -3.99. The lowest BCUT2D eigenvalue weighted by molar-refractivity contribution is -0.129. The highest BCUT2D eigenvalue weighted by Crippen LogP contribution is 2.12. The second-order valence-electron chi connectivity index (χ2n) is 6.19. The van der Waals surface area contributed by atoms with Crippen LogP contribution >= 0.6 is 0 Å². The first-order valence-electron chi connectivity index (χ1n) is 9.10. The van der Waals surface area contributed by atoms with Crippen LogP contribution in [0.25, 0.3) is 6.08 Å². The van der Waals surface area contributed by atoms with E-state index in [2.05, 4.69) is 10.5 Å². The molecule has 3 rings (SSSR count). The maximum atomic E-state index is 11.9. The predicted octanol–water partition coefficient (Wildman–Crippen LogP) is 4.00. The van der Waals surface area contributed by atoms with Crippen molar-refractivity contribution in [1.82, 2.24) is 5.43 Å². The van der Waals surface area contributed by atoms with Gasteiger partial charge in [-0.2, -0.15) is 5.10 Å². The minimum absolute atomic E-state index is 0.191. The zero-order chi connectivity index (χ0) is 20.3. The van der Waals surface area contributed by atoms with E-state index in [0.29, 0.717) is 5.75 Å². The van der Waals surface area contributed by atoms with E-state index in [0.717, 1.165) is 16.7 Å². The van der Waals surface area contributed by atoms with Gasteiger partial charge in [-0.1, -0.05) is 60.7 Å². The number of hydrogen-bond acceptors (Lipinski definition) is 4. The van der Waals surface area contributed by atoms with Crippen LogP contribution in [0.1, 0.15) is 16.7 Å². The molecule has 0 saturated heterocycles. The topological polar surface area (TPSA) is 67.8 Å². The number of carbonyl (C=O) groups is 2. The first kappa shape index (κ1) is 19.8. The van der Waals surface area contributed by atoms with E-state index >= 15 is 0 Å². The molecule has 1 amide bonds. The third-order valence-corrected chi connectivity index (χ3v) is 3.92. The summed E-state index contributed by atoms with van der Waals surface area (Å²) in [5.41, 5.74) is 5.11. The van der Waals surface area contributed by atoms with Crippen LogP contribution < -0.4 is 10.2 Å². The summed E-state index contributed by atoms with van der Waals surface area (Å²) in [7, 11) is 0. The number of ether oxygens (including phenoxy) is 1. The molecule has 0 aliphatic heterocycles. The third-order valence-electron chi connectivity index (χ3n) is 3.92. The molecular formula is C24H20N2O3. The van der Waals surface area contributed by atoms with Crippen LogP contribution in [0.15, 0.2) is 96.1 Å². The van der Waals surface area contributed by atoms with E-state index < -0.39 is 5.97 Å². The maximum absolute atomic E-state index is 11.9. The van der Waals surface area contributed by atoms with Gasteiger partial charge in [0.2, 0.25) is 5.91 Å². The van der Waals surface area contributed by atoms with Gasteiger partial charge in [-0.15, -0.1) is 0 Å². The zero-order valence-corrected chi connectivity index (χ0v) is 15.7. The molecule has 5 nitrogen and oxygen atoms in total. The summed E-state index contributed by atoms with van der Waals surface area (Å²) in [5, 5.41) is 3.95. The summed E-state index contributed by atoms with van der Waals surface area (Å²) in [6.45, 7) is 0. The molecule has 5 heteroatoms. The lowest BCUT2D eigenvalue weighted by Gasteiger charge is -2.02. The molecule has 0 fully saturated rings. The van der Waals surface area contributed by atoms with Crippen molar-refractivity contribution in [2.45, 2.75) is 6.42 Å². The quantitative estimate of drug-likeness (QED) is 0.220. The minimum Gasteiger partial charge on any atom is -0.423 e. The smallest absolute Gasteiger partial charge is 0.336 e. The van der Waals surface area contributed by atoms with Gasteiger partial charge in [0.1, 0.15) is 5.75 Å². The standard InChI is InChI=1S/C24H20N2O3/c27-23(17-20-9-5-2-6-10-20)26-25-18-21-11-14-22(15-12-21)29-24(28)16-13-19-7-3-1-4-8-19/h1-16,18H,17H2,(H,26,27)/b16-13+,25-18-. The van der Waals surface area contributed by atoms with E-state index in [9.17, 15) is 9.59 Å². The van der Waals surface area contributed by atoms with E-state index in [1.54, 1.807) is 30.3 Å². The van der Waals surface area contributed by atoms with Crippen molar-refractivity contribution in [3.05, 3.63) is 108 Å². The normalized spacial score (nSPS) is 10.9. The highest BCUT2D eigenvalue weighted by atomic mass is 16.5. The molecular weight excluding hydrogens is 364 g/mol. The van der Waals surface area contributed by atoms with Crippen LogP contribution in [-0.2, 0) is 16.0 Å². The van der Waals surface area contributed by atoms with Gasteiger partial charge in [-0.3, -0.25) is 4.79 Å². The molecule has 0 unspecified atom stereocenters. The number of amides is 1. The zero-order valence-electron chi connectivity index (χ0n) is 15.7. The Bertz CT molecular complexity index is 995. The van der Waals surface area contributed by atoms with Gasteiger partial charge >= 0.3 is 5.97 Å². The molecule has 0 aromatic heterocycles. The van der Waals surface area contributed by atoms with Crippen LogP contribution in [0, 0.1) is 0 Å². The molecule has 0 radical (unpaired) electrons. The number of hydrazone groups is 1. The molecule has 0 atom stereocenters. The van der Waals surface area contributed by atoms with E-state index in [1.165, 1.54) is 12.3 Å². The van der Waals surface area contributed by atoms with E-state index in [-0.39, 0.29) is 12.3 Å². The third kappa shape index (κ3) is 6.92. The van der Waals surface area contributed by atoms with Gasteiger partial charge in [-0.25, -0.2) is 10.2 Å². The summed E-state index contributed by atoms with van der Waals surface area (Å²) >= 11 is 0. The van der Waals surface area contributed by atoms with Crippen molar-refractivity contribution in [2.24, 2.45) is 5.10 Å². The van der Waals surface area contributed by atoms with Crippen molar-refractivity contribution in [3.63, 3.8) is 0 Å². The van der Waals surface area contributed by atoms with Crippen LogP contribution in [0.3, 0.4) is 0 Å². The first-order chi connectivity index (χ1) is 14.2. The second kappa shape index (κ2) is 10.4. The number of nitrogens with one attached hydrogen (secondary N) is 1. The Morgan fingerprint density at radius 3 is 2.17 bits per heavy atom. The SMILES string of the molecule is O=C(Cc1ccccc1)N/N=C\c1ccc(OC(=O)/C=C/c2ccccc2)cc1. The average molecular weight is 384 g/mol. The fourth-order valence-electron chi connectivity index (χ4n) is 2.50. The summed E-state index contributed by atoms with van der Waals surface area (Å²) in [5.74, 6) is -0.218. The van der Waals surface area contributed by atoms with Crippen molar-refractivity contribution in [3.8, 4) is 5.75 Å². The molecule has 0 spiro atoms. The lowest BCUT2D eigenvalue weighted by Crippen LogP contribution is -2.19. The van der Waals surface area contributed by atoms with Crippen molar-refractivity contribution in [1.29, 1.82) is 0 Å². The first-order valence-corrected chi connectivity index (χ1v) is 9.10. The summed E-state index contributed by atoms with van der Waals surface area (Å²) < 4.78 is 5.26. The molecule has 0 heterocycles. The lowest BCUT2D eigenvalue weighted by atomic mass is 10.1. The number of esters is 1. The Morgan fingerprint density at radius 1 is 0.828 bits per heavy atom. The van der Waals surface area contributed by atoms with E-state index in [4.69, 9.17) is 4.74 Å². The Labute approximate surface area is 169 Å². The van der Waals surface area contributed by atoms with Crippen molar-refractivity contribution in [2.75, 3.05) is 0 Å². The monoisotopic (exact) mass is 384 g/mol. The Kier molecular flexibility index (Phi) is 7.07. The fraction of sp³-hybridized carbons (Fsp3) is 0.0417. The Morgan fingerprint density at radius 2 is 1.48 bits per heavy atom. The van der Waals surface area contributed by atoms with Gasteiger partial charge in [0.05, 0.1) is 12.6 Å². The van der Waals surface area contributed by atoms with Gasteiger partial charge in [-0.05, 0) is 47.0 Å². The molecule has 3 aromatic carbocycles. The van der Waals surface area contributed by atoms with E-state index in [1.807, 2.05) is 60.7 Å². The summed E-state index contributed by atoms with van der Waals surface area (Å²) in [6, 6.07) is 25.8. The molecule has 0 aliphatic rings. The highest BCUT2D eigenvalue weighted by Gasteiger charge is 2.02. The van der Waals surface area contributed by atoms with Gasteiger partial charge in [0, 0.05) is 6.08 Å². The van der Waals surface area contributed by atoms with Crippen molar-refractivity contribution < 1.29 is 14.3 Å². The number of carbonyl (C=O) groups excluding carboxylic acids is 2. The largest absolute Gasteiger partial charge is 0.423 e. The molecule has 3 aromatic rings. The van der Waals surface area contributed by atoms with Gasteiger partial charge < -0.3 is 4.74 Å². The van der Waals surface area contributed by atoms with Crippen LogP contribution in [0.2, 0.25) is 0 Å². The number of nitrogens with zero attached hydrogens (tertiary/aromatic N) is 1. The average Bonchev–Trinajstić information content (AvgIpc) is 2.75. The highest BCUT2D eigenvalue weighted by molar-refractivity contribution is 5.89. The van der Waals surface area contributed by atoms with Crippen molar-refractivity contribution >= 4 is 24.2 Å². The Balaban J connectivity index is 1.47. The van der Waals surface area contributed by atoms with Crippen LogP contribution in [0.4, 0.5) is 0 Å². The molecule has 144 valence electrons.